The van der Waals surface area contributed by atoms with E-state index in [1.54, 1.807) is 0 Å². The van der Waals surface area contributed by atoms with E-state index < -0.39 is 0 Å². The summed E-state index contributed by atoms with van der Waals surface area (Å²) in [4.78, 5) is 2.74. The maximum Gasteiger partial charge on any atom is 0.0473 e. The zero-order chi connectivity index (χ0) is 14.9. The Morgan fingerprint density at radius 2 is 1.95 bits per heavy atom. The minimum absolute atomic E-state index is 0.232. The first-order valence-electron chi connectivity index (χ1n) is 8.57. The third kappa shape index (κ3) is 3.67. The number of hydrogen-bond acceptors (Lipinski definition) is 2. The quantitative estimate of drug-likeness (QED) is 0.908. The van der Waals surface area contributed by atoms with Crippen molar-refractivity contribution in [2.24, 2.45) is 11.8 Å². The lowest BCUT2D eigenvalue weighted by Crippen LogP contribution is -2.58. The van der Waals surface area contributed by atoms with Gasteiger partial charge in [-0.15, -0.1) is 0 Å². The molecule has 0 spiro atoms. The average Bonchev–Trinajstić information content (AvgIpc) is 2.84. The van der Waals surface area contributed by atoms with Crippen molar-refractivity contribution in [3.05, 3.63) is 35.9 Å². The van der Waals surface area contributed by atoms with Gasteiger partial charge in [0.05, 0.1) is 0 Å². The normalized spacial score (nSPS) is 33.2. The van der Waals surface area contributed by atoms with Crippen LogP contribution in [0, 0.1) is 11.8 Å². The Hall–Kier alpha value is -0.860. The predicted molar refractivity (Wildman–Crippen MR) is 89.3 cm³/mol. The Morgan fingerprint density at radius 3 is 2.62 bits per heavy atom. The Balaban J connectivity index is 1.74. The number of benzene rings is 1. The van der Waals surface area contributed by atoms with Gasteiger partial charge in [-0.3, -0.25) is 4.90 Å². The monoisotopic (exact) mass is 286 g/mol. The van der Waals surface area contributed by atoms with Crippen LogP contribution in [0.3, 0.4) is 0 Å². The summed E-state index contributed by atoms with van der Waals surface area (Å²) in [6.45, 7) is 10.6. The summed E-state index contributed by atoms with van der Waals surface area (Å²) in [5.41, 5.74) is 1.70. The number of nitrogens with zero attached hydrogens (tertiary/aromatic N) is 1. The second-order valence-electron chi connectivity index (χ2n) is 7.90. The van der Waals surface area contributed by atoms with Crippen molar-refractivity contribution in [3.63, 3.8) is 0 Å². The highest BCUT2D eigenvalue weighted by atomic mass is 15.2. The number of hydrogen-bond donors (Lipinski definition) is 1. The van der Waals surface area contributed by atoms with E-state index in [9.17, 15) is 0 Å². The van der Waals surface area contributed by atoms with Crippen LogP contribution in [0.4, 0.5) is 0 Å². The van der Waals surface area contributed by atoms with Gasteiger partial charge in [-0.2, -0.15) is 0 Å². The van der Waals surface area contributed by atoms with Crippen molar-refractivity contribution in [2.75, 3.05) is 19.6 Å². The lowest BCUT2D eigenvalue weighted by Gasteiger charge is -2.45. The standard InChI is InChI=1S/C19H30N2/c1-15-9-10-16(11-15)13-21-14-19(2,3)20-12-18(21)17-7-5-4-6-8-17/h4-8,15-16,18,20H,9-14H2,1-3H3. The van der Waals surface area contributed by atoms with E-state index in [-0.39, 0.29) is 5.54 Å². The van der Waals surface area contributed by atoms with Gasteiger partial charge in [-0.05, 0) is 44.1 Å². The molecule has 2 heteroatoms. The van der Waals surface area contributed by atoms with Gasteiger partial charge in [0.25, 0.3) is 0 Å². The van der Waals surface area contributed by atoms with Crippen LogP contribution in [0.25, 0.3) is 0 Å². The van der Waals surface area contributed by atoms with Gasteiger partial charge in [-0.25, -0.2) is 0 Å². The molecular formula is C19H30N2. The Bertz CT molecular complexity index is 454. The fourth-order valence-electron chi connectivity index (χ4n) is 4.19. The van der Waals surface area contributed by atoms with Crippen LogP contribution in [-0.2, 0) is 0 Å². The van der Waals surface area contributed by atoms with Gasteiger partial charge < -0.3 is 5.32 Å². The van der Waals surface area contributed by atoms with E-state index in [0.717, 1.165) is 24.9 Å². The molecule has 2 fully saturated rings. The fourth-order valence-corrected chi connectivity index (χ4v) is 4.19. The lowest BCUT2D eigenvalue weighted by atomic mass is 9.93. The number of nitrogens with one attached hydrogen (secondary N) is 1. The molecule has 116 valence electrons. The number of piperazine rings is 1. The molecule has 2 aliphatic rings. The molecule has 1 saturated heterocycles. The van der Waals surface area contributed by atoms with E-state index in [1.165, 1.54) is 31.4 Å². The maximum atomic E-state index is 3.73. The molecule has 1 aromatic rings. The first-order chi connectivity index (χ1) is 10.0. The molecule has 1 N–H and O–H groups in total. The van der Waals surface area contributed by atoms with Gasteiger partial charge in [0.15, 0.2) is 0 Å². The van der Waals surface area contributed by atoms with Crippen LogP contribution < -0.4 is 5.32 Å². The van der Waals surface area contributed by atoms with Crippen molar-refractivity contribution in [2.45, 2.75) is 51.6 Å². The topological polar surface area (TPSA) is 15.3 Å². The number of rotatable bonds is 3. The first-order valence-corrected chi connectivity index (χ1v) is 8.57. The smallest absolute Gasteiger partial charge is 0.0473 e. The molecule has 0 bridgehead atoms. The SMILES string of the molecule is CC1CCC(CN2CC(C)(C)NCC2c2ccccc2)C1. The van der Waals surface area contributed by atoms with Gasteiger partial charge in [0.1, 0.15) is 0 Å². The molecule has 1 aliphatic heterocycles. The summed E-state index contributed by atoms with van der Waals surface area (Å²) >= 11 is 0. The minimum Gasteiger partial charge on any atom is -0.309 e. The highest BCUT2D eigenvalue weighted by Crippen LogP contribution is 2.34. The van der Waals surface area contributed by atoms with Crippen molar-refractivity contribution >= 4 is 0 Å². The zero-order valence-electron chi connectivity index (χ0n) is 13.8. The molecule has 3 unspecified atom stereocenters. The molecule has 0 amide bonds. The molecule has 0 aromatic heterocycles. The van der Waals surface area contributed by atoms with Crippen molar-refractivity contribution in [1.29, 1.82) is 0 Å². The molecule has 1 aromatic carbocycles. The van der Waals surface area contributed by atoms with E-state index in [0.29, 0.717) is 6.04 Å². The molecule has 0 radical (unpaired) electrons. The average molecular weight is 286 g/mol. The molecule has 3 rings (SSSR count). The summed E-state index contributed by atoms with van der Waals surface area (Å²) in [6, 6.07) is 11.6. The summed E-state index contributed by atoms with van der Waals surface area (Å²) in [6.07, 6.45) is 4.27. The lowest BCUT2D eigenvalue weighted by molar-refractivity contribution is 0.0789. The molecule has 21 heavy (non-hydrogen) atoms. The van der Waals surface area contributed by atoms with Crippen LogP contribution in [0.15, 0.2) is 30.3 Å². The predicted octanol–water partition coefficient (Wildman–Crippen LogP) is 3.85. The Kier molecular flexibility index (Phi) is 4.37. The maximum absolute atomic E-state index is 3.73. The van der Waals surface area contributed by atoms with Crippen LogP contribution in [0.2, 0.25) is 0 Å². The molecule has 1 saturated carbocycles. The van der Waals surface area contributed by atoms with Gasteiger partial charge >= 0.3 is 0 Å². The van der Waals surface area contributed by atoms with E-state index >= 15 is 0 Å². The third-order valence-electron chi connectivity index (χ3n) is 5.29. The summed E-state index contributed by atoms with van der Waals surface area (Å²) in [7, 11) is 0. The van der Waals surface area contributed by atoms with E-state index in [1.807, 2.05) is 0 Å². The van der Waals surface area contributed by atoms with Gasteiger partial charge in [-0.1, -0.05) is 43.7 Å². The molecule has 1 heterocycles. The minimum atomic E-state index is 0.232. The van der Waals surface area contributed by atoms with E-state index in [4.69, 9.17) is 0 Å². The van der Waals surface area contributed by atoms with Crippen molar-refractivity contribution in [3.8, 4) is 0 Å². The molecule has 2 nitrogen and oxygen atoms in total. The van der Waals surface area contributed by atoms with Crippen LogP contribution in [0.1, 0.15) is 51.6 Å². The largest absolute Gasteiger partial charge is 0.309 e. The first kappa shape index (κ1) is 15.1. The summed E-state index contributed by atoms with van der Waals surface area (Å²) in [5.74, 6) is 1.83. The third-order valence-corrected chi connectivity index (χ3v) is 5.29. The highest BCUT2D eigenvalue weighted by molar-refractivity contribution is 5.20. The van der Waals surface area contributed by atoms with Crippen LogP contribution in [-0.4, -0.2) is 30.1 Å². The summed E-state index contributed by atoms with van der Waals surface area (Å²) in [5, 5.41) is 3.73. The van der Waals surface area contributed by atoms with Crippen molar-refractivity contribution in [1.82, 2.24) is 10.2 Å². The fraction of sp³-hybridized carbons (Fsp3) is 0.684. The second kappa shape index (κ2) is 6.10. The molecule has 3 atom stereocenters. The Morgan fingerprint density at radius 1 is 1.19 bits per heavy atom. The second-order valence-corrected chi connectivity index (χ2v) is 7.90. The van der Waals surface area contributed by atoms with Gasteiger partial charge in [0.2, 0.25) is 0 Å². The Labute approximate surface area is 129 Å². The van der Waals surface area contributed by atoms with Gasteiger partial charge in [0, 0.05) is 31.2 Å². The highest BCUT2D eigenvalue weighted by Gasteiger charge is 2.35. The van der Waals surface area contributed by atoms with Crippen LogP contribution >= 0.6 is 0 Å². The molecule has 1 aliphatic carbocycles. The van der Waals surface area contributed by atoms with Crippen molar-refractivity contribution < 1.29 is 0 Å². The van der Waals surface area contributed by atoms with Crippen LogP contribution in [0.5, 0.6) is 0 Å². The zero-order valence-corrected chi connectivity index (χ0v) is 13.8. The molecular weight excluding hydrogens is 256 g/mol. The summed E-state index contributed by atoms with van der Waals surface area (Å²) < 4.78 is 0. The van der Waals surface area contributed by atoms with E-state index in [2.05, 4.69) is 61.3 Å².